The molecule has 1 amide bonds. The molecule has 0 saturated heterocycles. The van der Waals surface area contributed by atoms with E-state index in [2.05, 4.69) is 14.7 Å². The van der Waals surface area contributed by atoms with Crippen molar-refractivity contribution >= 4 is 17.2 Å². The van der Waals surface area contributed by atoms with Crippen LogP contribution in [0.25, 0.3) is 10.7 Å². The van der Waals surface area contributed by atoms with Crippen molar-refractivity contribution in [2.24, 2.45) is 0 Å². The largest absolute Gasteiger partial charge is 0.471 e. The first-order valence-corrected chi connectivity index (χ1v) is 8.23. The Morgan fingerprint density at radius 1 is 1.38 bits per heavy atom. The maximum absolute atomic E-state index is 12.5. The summed E-state index contributed by atoms with van der Waals surface area (Å²) >= 11 is 0.994. The van der Waals surface area contributed by atoms with Crippen molar-refractivity contribution in [3.05, 3.63) is 22.9 Å². The fourth-order valence-electron chi connectivity index (χ4n) is 1.85. The van der Waals surface area contributed by atoms with Gasteiger partial charge in [-0.1, -0.05) is 12.1 Å². The average molecular weight is 399 g/mol. The zero-order valence-corrected chi connectivity index (χ0v) is 14.2. The van der Waals surface area contributed by atoms with Crippen LogP contribution in [-0.2, 0) is 22.4 Å². The number of thiophene rings is 1. The van der Waals surface area contributed by atoms with Crippen molar-refractivity contribution < 1.29 is 36.1 Å². The molecule has 0 radical (unpaired) electrons. The van der Waals surface area contributed by atoms with Gasteiger partial charge < -0.3 is 4.52 Å². The molecule has 0 N–H and O–H groups in total. The standard InChI is InChI=1S/C14H14F5N3O3S/c1-2-3-11(23)22(24-7-10(15)16)6-8-4-5-9(26-8)12-20-13(25-21-12)14(17,18)19/h4-5,10H,2-3,6-7H2,1H3. The fraction of sp³-hybridized carbons (Fsp3) is 0.500. The molecule has 0 aliphatic rings. The summed E-state index contributed by atoms with van der Waals surface area (Å²) < 4.78 is 66.3. The first-order chi connectivity index (χ1) is 12.2. The molecule has 2 rings (SSSR count). The smallest absolute Gasteiger partial charge is 0.329 e. The summed E-state index contributed by atoms with van der Waals surface area (Å²) in [5.74, 6) is -2.20. The lowest BCUT2D eigenvalue weighted by Crippen LogP contribution is -2.32. The Balaban J connectivity index is 2.11. The van der Waals surface area contributed by atoms with Crippen LogP contribution in [0.1, 0.15) is 30.5 Å². The molecule has 26 heavy (non-hydrogen) atoms. The van der Waals surface area contributed by atoms with E-state index in [-0.39, 0.29) is 23.7 Å². The van der Waals surface area contributed by atoms with E-state index in [4.69, 9.17) is 4.84 Å². The number of aromatic nitrogens is 2. The van der Waals surface area contributed by atoms with Crippen molar-refractivity contribution in [2.75, 3.05) is 6.61 Å². The number of hydroxylamine groups is 2. The van der Waals surface area contributed by atoms with Crippen LogP contribution in [0.4, 0.5) is 22.0 Å². The number of halogens is 5. The quantitative estimate of drug-likeness (QED) is 0.493. The second kappa shape index (κ2) is 8.54. The molecule has 0 aliphatic carbocycles. The Labute approximate surface area is 148 Å². The van der Waals surface area contributed by atoms with E-state index in [0.717, 1.165) is 16.4 Å². The van der Waals surface area contributed by atoms with Crippen LogP contribution in [0, 0.1) is 0 Å². The van der Waals surface area contributed by atoms with Crippen molar-refractivity contribution in [2.45, 2.75) is 38.9 Å². The van der Waals surface area contributed by atoms with Gasteiger partial charge in [0.1, 0.15) is 6.61 Å². The van der Waals surface area contributed by atoms with Crippen molar-refractivity contribution in [1.29, 1.82) is 0 Å². The third kappa shape index (κ3) is 5.46. The number of nitrogens with zero attached hydrogens (tertiary/aromatic N) is 3. The van der Waals surface area contributed by atoms with E-state index in [1.165, 1.54) is 12.1 Å². The monoisotopic (exact) mass is 399 g/mol. The fourth-order valence-corrected chi connectivity index (χ4v) is 2.76. The molecule has 6 nitrogen and oxygen atoms in total. The molecule has 0 bridgehead atoms. The van der Waals surface area contributed by atoms with Crippen LogP contribution < -0.4 is 0 Å². The molecular weight excluding hydrogens is 385 g/mol. The van der Waals surface area contributed by atoms with Gasteiger partial charge in [0, 0.05) is 11.3 Å². The molecule has 0 saturated carbocycles. The van der Waals surface area contributed by atoms with E-state index in [9.17, 15) is 26.7 Å². The van der Waals surface area contributed by atoms with Crippen molar-refractivity contribution in [1.82, 2.24) is 15.2 Å². The number of carbonyl (C=O) groups is 1. The highest BCUT2D eigenvalue weighted by molar-refractivity contribution is 7.15. The van der Waals surface area contributed by atoms with Gasteiger partial charge in [0.05, 0.1) is 11.4 Å². The van der Waals surface area contributed by atoms with Crippen LogP contribution in [0.15, 0.2) is 16.7 Å². The van der Waals surface area contributed by atoms with Gasteiger partial charge in [0.15, 0.2) is 0 Å². The summed E-state index contributed by atoms with van der Waals surface area (Å²) in [5.41, 5.74) is 0. The minimum atomic E-state index is -4.75. The lowest BCUT2D eigenvalue weighted by atomic mass is 10.3. The molecule has 0 fully saturated rings. The second-order valence-electron chi connectivity index (χ2n) is 5.05. The zero-order chi connectivity index (χ0) is 19.3. The molecule has 12 heteroatoms. The lowest BCUT2D eigenvalue weighted by Gasteiger charge is -2.21. The number of hydrogen-bond acceptors (Lipinski definition) is 6. The predicted molar refractivity (Wildman–Crippen MR) is 80.0 cm³/mol. The summed E-state index contributed by atoms with van der Waals surface area (Å²) in [5, 5.41) is 4.08. The second-order valence-corrected chi connectivity index (χ2v) is 6.22. The maximum atomic E-state index is 12.5. The summed E-state index contributed by atoms with van der Waals surface area (Å²) in [6, 6.07) is 2.96. The van der Waals surface area contributed by atoms with Gasteiger partial charge in [-0.25, -0.2) is 13.8 Å². The highest BCUT2D eigenvalue weighted by atomic mass is 32.1. The molecule has 144 valence electrons. The number of amides is 1. The molecular formula is C14H14F5N3O3S. The molecule has 0 aromatic carbocycles. The van der Waals surface area contributed by atoms with Crippen LogP contribution >= 0.6 is 11.3 Å². The summed E-state index contributed by atoms with van der Waals surface area (Å²) in [4.78, 5) is 20.8. The molecule has 0 unspecified atom stereocenters. The van der Waals surface area contributed by atoms with Crippen LogP contribution in [0.5, 0.6) is 0 Å². The van der Waals surface area contributed by atoms with Crippen LogP contribution in [0.2, 0.25) is 0 Å². The van der Waals surface area contributed by atoms with Gasteiger partial charge in [0.2, 0.25) is 11.7 Å². The SMILES string of the molecule is CCCC(=O)N(Cc1ccc(-c2noc(C(F)(F)F)n2)s1)OCC(F)F. The Bertz CT molecular complexity index is 731. The summed E-state index contributed by atoms with van der Waals surface area (Å²) in [6.07, 6.45) is -6.88. The van der Waals surface area contributed by atoms with Gasteiger partial charge in [-0.2, -0.15) is 18.2 Å². The predicted octanol–water partition coefficient (Wildman–Crippen LogP) is 4.14. The summed E-state index contributed by atoms with van der Waals surface area (Å²) in [7, 11) is 0. The van der Waals surface area contributed by atoms with Crippen molar-refractivity contribution in [3.8, 4) is 10.7 Å². The Morgan fingerprint density at radius 3 is 2.69 bits per heavy atom. The van der Waals surface area contributed by atoms with Gasteiger partial charge in [-0.15, -0.1) is 11.3 Å². The number of rotatable bonds is 8. The normalized spacial score (nSPS) is 12.0. The highest BCUT2D eigenvalue weighted by Crippen LogP contribution is 2.32. The summed E-state index contributed by atoms with van der Waals surface area (Å²) in [6.45, 7) is 0.689. The van der Waals surface area contributed by atoms with Gasteiger partial charge in [-0.3, -0.25) is 9.63 Å². The minimum absolute atomic E-state index is 0.112. The van der Waals surface area contributed by atoms with Gasteiger partial charge >= 0.3 is 12.1 Å². The molecule has 2 aromatic heterocycles. The highest BCUT2D eigenvalue weighted by Gasteiger charge is 2.38. The maximum Gasteiger partial charge on any atom is 0.471 e. The third-order valence-electron chi connectivity index (χ3n) is 2.95. The Kier molecular flexibility index (Phi) is 6.64. The Morgan fingerprint density at radius 2 is 2.12 bits per heavy atom. The van der Waals surface area contributed by atoms with Crippen LogP contribution in [0.3, 0.4) is 0 Å². The first kappa shape index (κ1) is 20.2. The molecule has 0 spiro atoms. The number of hydrogen-bond donors (Lipinski definition) is 0. The topological polar surface area (TPSA) is 68.5 Å². The van der Waals surface area contributed by atoms with E-state index in [1.54, 1.807) is 6.92 Å². The lowest BCUT2D eigenvalue weighted by molar-refractivity contribution is -0.201. The Hall–Kier alpha value is -2.08. The van der Waals surface area contributed by atoms with E-state index < -0.39 is 31.0 Å². The number of carbonyl (C=O) groups excluding carboxylic acids is 1. The van der Waals surface area contributed by atoms with Gasteiger partial charge in [-0.05, 0) is 18.6 Å². The average Bonchev–Trinajstić information content (AvgIpc) is 3.19. The zero-order valence-electron chi connectivity index (χ0n) is 13.4. The van der Waals surface area contributed by atoms with Crippen LogP contribution in [-0.4, -0.2) is 34.1 Å². The van der Waals surface area contributed by atoms with E-state index in [1.807, 2.05) is 0 Å². The third-order valence-corrected chi connectivity index (χ3v) is 4.01. The van der Waals surface area contributed by atoms with E-state index >= 15 is 0 Å². The first-order valence-electron chi connectivity index (χ1n) is 7.42. The molecule has 0 atom stereocenters. The molecule has 2 heterocycles. The van der Waals surface area contributed by atoms with Crippen molar-refractivity contribution in [3.63, 3.8) is 0 Å². The molecule has 2 aromatic rings. The number of alkyl halides is 5. The molecule has 0 aliphatic heterocycles. The van der Waals surface area contributed by atoms with E-state index in [0.29, 0.717) is 11.3 Å². The van der Waals surface area contributed by atoms with Gasteiger partial charge in [0.25, 0.3) is 6.43 Å². The minimum Gasteiger partial charge on any atom is -0.329 e.